The number of phenolic OH excluding ortho intramolecular Hbond substituents is 4. The Morgan fingerprint density at radius 1 is 0.906 bits per heavy atom. The summed E-state index contributed by atoms with van der Waals surface area (Å²) in [4.78, 5) is 40.5. The van der Waals surface area contributed by atoms with E-state index >= 15 is 0 Å². The average molecular weight is 736 g/mol. The number of rotatable bonds is 11. The third-order valence-electron chi connectivity index (χ3n) is 9.89. The summed E-state index contributed by atoms with van der Waals surface area (Å²) in [5.41, 5.74) is -5.90. The number of hydrogen-bond donors (Lipinski definition) is 9. The zero-order valence-electron chi connectivity index (χ0n) is 28.8. The van der Waals surface area contributed by atoms with Crippen LogP contribution in [0.4, 0.5) is 0 Å². The number of likely N-dealkylation sites (N-methyl/N-ethyl adjacent to an activating group) is 1. The number of nitrogens with one attached hydrogen (secondary N) is 1. The highest BCUT2D eigenvalue weighted by Crippen LogP contribution is 2.53. The van der Waals surface area contributed by atoms with Crippen LogP contribution in [0.2, 0.25) is 0 Å². The maximum atomic E-state index is 13.8. The van der Waals surface area contributed by atoms with Gasteiger partial charge in [0.15, 0.2) is 40.4 Å². The minimum Gasteiger partial charge on any atom is -0.507 e. The van der Waals surface area contributed by atoms with Crippen LogP contribution in [0.5, 0.6) is 23.0 Å². The number of fused-ring (bicyclic) bond motifs is 1. The van der Waals surface area contributed by atoms with Crippen LogP contribution in [0, 0.1) is 5.92 Å². The molecule has 53 heavy (non-hydrogen) atoms. The summed E-state index contributed by atoms with van der Waals surface area (Å²) >= 11 is 0. The Bertz CT molecular complexity index is 1940. The number of hydrogen-bond acceptors (Lipinski definition) is 14. The number of ether oxygens (including phenoxy) is 3. The Balaban J connectivity index is 1.68. The standard InChI is InChI=1S/C38H41NO14/c1-3-21-5-4-6-23(15-21)16-25-34(52-33(46)19-28(42)24-9-11-27(41)30(44)18-24)38(53-32(45)12-8-22-7-10-26(40)29(43)17-22)31(20-36(25,49)35(47)48)51-14-13-37(38,50)39-2/h4-12,15,17-19,25,31,34,39-44,49-50H,3,13-14,16,20H2,1-2H3,(H,47,48). The van der Waals surface area contributed by atoms with Crippen molar-refractivity contribution in [1.82, 2.24) is 5.32 Å². The van der Waals surface area contributed by atoms with Gasteiger partial charge in [-0.25, -0.2) is 14.4 Å². The number of carbonyl (C=O) groups is 3. The van der Waals surface area contributed by atoms with E-state index in [9.17, 15) is 55.2 Å². The zero-order chi connectivity index (χ0) is 38.7. The van der Waals surface area contributed by atoms with Crippen molar-refractivity contribution in [1.29, 1.82) is 0 Å². The molecule has 2 fully saturated rings. The van der Waals surface area contributed by atoms with Gasteiger partial charge in [0, 0.05) is 30.4 Å². The minimum absolute atomic E-state index is 0.118. The van der Waals surface area contributed by atoms with E-state index in [-0.39, 0.29) is 30.6 Å². The molecule has 15 nitrogen and oxygen atoms in total. The van der Waals surface area contributed by atoms with Crippen LogP contribution in [0.1, 0.15) is 42.0 Å². The van der Waals surface area contributed by atoms with E-state index in [0.29, 0.717) is 18.1 Å². The molecule has 6 atom stereocenters. The van der Waals surface area contributed by atoms with Crippen LogP contribution in [0.3, 0.4) is 0 Å². The summed E-state index contributed by atoms with van der Waals surface area (Å²) in [5, 5.41) is 87.6. The van der Waals surface area contributed by atoms with E-state index in [0.717, 1.165) is 23.8 Å². The highest BCUT2D eigenvalue weighted by molar-refractivity contribution is 5.90. The van der Waals surface area contributed by atoms with Crippen LogP contribution in [0.15, 0.2) is 72.8 Å². The minimum atomic E-state index is -2.70. The molecule has 9 N–H and O–H groups in total. The highest BCUT2D eigenvalue weighted by atomic mass is 16.6. The average Bonchev–Trinajstić information content (AvgIpc) is 3.12. The second kappa shape index (κ2) is 15.2. The van der Waals surface area contributed by atoms with Gasteiger partial charge in [0.2, 0.25) is 5.60 Å². The number of carbonyl (C=O) groups excluding carboxylic acids is 2. The van der Waals surface area contributed by atoms with Crippen LogP contribution >= 0.6 is 0 Å². The van der Waals surface area contributed by atoms with E-state index in [2.05, 4.69) is 5.32 Å². The highest BCUT2D eigenvalue weighted by Gasteiger charge is 2.75. The van der Waals surface area contributed by atoms with Crippen molar-refractivity contribution in [3.8, 4) is 23.0 Å². The van der Waals surface area contributed by atoms with Gasteiger partial charge in [-0.2, -0.15) is 0 Å². The molecule has 0 bridgehead atoms. The summed E-state index contributed by atoms with van der Waals surface area (Å²) in [6.45, 7) is 1.71. The summed E-state index contributed by atoms with van der Waals surface area (Å²) in [5.74, 6) is -8.51. The lowest BCUT2D eigenvalue weighted by Crippen LogP contribution is -2.83. The smallest absolute Gasteiger partial charge is 0.336 e. The van der Waals surface area contributed by atoms with E-state index in [1.54, 1.807) is 18.2 Å². The monoisotopic (exact) mass is 735 g/mol. The van der Waals surface area contributed by atoms with Gasteiger partial charge in [0.1, 0.15) is 11.9 Å². The Labute approximate surface area is 303 Å². The van der Waals surface area contributed by atoms with Crippen molar-refractivity contribution in [3.63, 3.8) is 0 Å². The predicted molar refractivity (Wildman–Crippen MR) is 186 cm³/mol. The molecule has 1 heterocycles. The van der Waals surface area contributed by atoms with Crippen LogP contribution < -0.4 is 5.32 Å². The molecule has 0 amide bonds. The summed E-state index contributed by atoms with van der Waals surface area (Å²) < 4.78 is 18.0. The number of esters is 2. The Kier molecular flexibility index (Phi) is 11.0. The van der Waals surface area contributed by atoms with E-state index < -0.39 is 88.1 Å². The largest absolute Gasteiger partial charge is 0.507 e. The van der Waals surface area contributed by atoms with E-state index in [4.69, 9.17) is 14.2 Å². The first-order valence-corrected chi connectivity index (χ1v) is 16.7. The molecule has 3 aromatic rings. The zero-order valence-corrected chi connectivity index (χ0v) is 28.8. The number of aryl methyl sites for hydroxylation is 1. The maximum Gasteiger partial charge on any atom is 0.336 e. The van der Waals surface area contributed by atoms with Gasteiger partial charge in [-0.05, 0) is 73.0 Å². The molecule has 1 aliphatic carbocycles. The van der Waals surface area contributed by atoms with Crippen LogP contribution in [-0.2, 0) is 41.4 Å². The van der Waals surface area contributed by atoms with Crippen molar-refractivity contribution in [3.05, 3.63) is 95.1 Å². The molecule has 15 heteroatoms. The van der Waals surface area contributed by atoms with Gasteiger partial charge < -0.3 is 55.1 Å². The third kappa shape index (κ3) is 7.50. The second-order valence-corrected chi connectivity index (χ2v) is 13.0. The molecule has 3 aromatic carbocycles. The topological polar surface area (TPSA) is 253 Å². The summed E-state index contributed by atoms with van der Waals surface area (Å²) in [6.07, 6.45) is -1.50. The van der Waals surface area contributed by atoms with E-state index in [1.807, 2.05) is 13.0 Å². The number of carboxylic acid groups (broad SMARTS) is 1. The normalized spacial score (nSPS) is 27.2. The van der Waals surface area contributed by atoms with Crippen LogP contribution in [0.25, 0.3) is 11.8 Å². The fourth-order valence-electron chi connectivity index (χ4n) is 7.04. The molecule has 0 aromatic heterocycles. The van der Waals surface area contributed by atoms with Gasteiger partial charge in [-0.15, -0.1) is 0 Å². The fraction of sp³-hybridized carbons (Fsp3) is 0.342. The first-order valence-electron chi connectivity index (χ1n) is 16.7. The van der Waals surface area contributed by atoms with E-state index in [1.165, 1.54) is 37.4 Å². The van der Waals surface area contributed by atoms with Crippen molar-refractivity contribution in [2.75, 3.05) is 13.7 Å². The molecule has 6 unspecified atom stereocenters. The molecule has 0 spiro atoms. The number of aromatic hydroxyl groups is 4. The van der Waals surface area contributed by atoms with Gasteiger partial charge in [-0.1, -0.05) is 37.3 Å². The second-order valence-electron chi connectivity index (χ2n) is 13.0. The van der Waals surface area contributed by atoms with Gasteiger partial charge in [0.25, 0.3) is 0 Å². The molecule has 1 saturated carbocycles. The Hall–Kier alpha value is -5.61. The lowest BCUT2D eigenvalue weighted by atomic mass is 9.58. The van der Waals surface area contributed by atoms with Crippen molar-refractivity contribution in [2.24, 2.45) is 5.92 Å². The molecule has 1 saturated heterocycles. The first kappa shape index (κ1) is 38.6. The van der Waals surface area contributed by atoms with Crippen LogP contribution in [-0.4, -0.2) is 102 Å². The van der Waals surface area contributed by atoms with Crippen molar-refractivity contribution >= 4 is 29.7 Å². The summed E-state index contributed by atoms with van der Waals surface area (Å²) in [7, 11) is 1.34. The third-order valence-corrected chi connectivity index (χ3v) is 9.89. The van der Waals surface area contributed by atoms with Gasteiger partial charge in [-0.3, -0.25) is 5.32 Å². The molecular weight excluding hydrogens is 694 g/mol. The number of aliphatic hydroxyl groups is 3. The Morgan fingerprint density at radius 3 is 2.23 bits per heavy atom. The quantitative estimate of drug-likeness (QED) is 0.0451. The SMILES string of the molecule is CCc1cccc(CC2C(OC(=O)C=C(O)c3ccc(O)c(O)c3)C3(OC(=O)C=Cc4ccc(O)c(O)c4)C(CC2(O)C(=O)O)OCCC3(O)NC)c1. The van der Waals surface area contributed by atoms with Gasteiger partial charge >= 0.3 is 17.9 Å². The molecular formula is C38H41NO14. The number of aliphatic carboxylic acids is 1. The number of carboxylic acids is 1. The molecule has 5 rings (SSSR count). The lowest BCUT2D eigenvalue weighted by Gasteiger charge is -2.61. The van der Waals surface area contributed by atoms with Gasteiger partial charge in [0.05, 0.1) is 12.7 Å². The van der Waals surface area contributed by atoms with Crippen molar-refractivity contribution < 1.29 is 69.4 Å². The lowest BCUT2D eigenvalue weighted by molar-refractivity contribution is -0.339. The van der Waals surface area contributed by atoms with Crippen molar-refractivity contribution in [2.45, 2.75) is 61.7 Å². The molecule has 0 radical (unpaired) electrons. The first-order chi connectivity index (χ1) is 25.1. The number of aliphatic hydroxyl groups excluding tert-OH is 1. The molecule has 1 aliphatic heterocycles. The number of benzene rings is 3. The summed E-state index contributed by atoms with van der Waals surface area (Å²) in [6, 6.07) is 14.0. The Morgan fingerprint density at radius 2 is 1.58 bits per heavy atom. The predicted octanol–water partition coefficient (Wildman–Crippen LogP) is 2.65. The number of phenols is 4. The molecule has 2 aliphatic rings. The fourth-order valence-corrected chi connectivity index (χ4v) is 7.04. The molecule has 282 valence electrons. The maximum absolute atomic E-state index is 13.8.